The molecule has 90 valence electrons. The molecule has 0 atom stereocenters. The van der Waals surface area contributed by atoms with Crippen LogP contribution in [0.5, 0.6) is 0 Å². The lowest BCUT2D eigenvalue weighted by molar-refractivity contribution is 0.1000. The number of methoxy groups -OCH3 is 1. The van der Waals surface area contributed by atoms with Crippen LogP contribution in [-0.2, 0) is 11.3 Å². The monoisotopic (exact) mass is 233 g/mol. The number of nitrogens with zero attached hydrogens (tertiary/aromatic N) is 2. The average Bonchev–Trinajstić information content (AvgIpc) is 2.70. The third-order valence-electron chi connectivity index (χ3n) is 2.80. The third kappa shape index (κ3) is 2.14. The van der Waals surface area contributed by atoms with Crippen LogP contribution in [-0.4, -0.2) is 29.4 Å². The molecule has 1 amide bonds. The maximum atomic E-state index is 11.2. The summed E-state index contributed by atoms with van der Waals surface area (Å²) in [7, 11) is 1.65. The van der Waals surface area contributed by atoms with E-state index in [0.29, 0.717) is 18.7 Å². The van der Waals surface area contributed by atoms with E-state index in [1.165, 1.54) is 0 Å². The first kappa shape index (κ1) is 11.6. The Hall–Kier alpha value is -1.88. The summed E-state index contributed by atoms with van der Waals surface area (Å²) in [6.45, 7) is 3.18. The molecule has 0 aliphatic rings. The van der Waals surface area contributed by atoms with Gasteiger partial charge in [0, 0.05) is 24.3 Å². The van der Waals surface area contributed by atoms with Crippen molar-refractivity contribution in [1.29, 1.82) is 0 Å². The molecule has 0 saturated carbocycles. The zero-order valence-electron chi connectivity index (χ0n) is 9.93. The summed E-state index contributed by atoms with van der Waals surface area (Å²) in [5, 5.41) is 5.35. The smallest absolute Gasteiger partial charge is 0.248 e. The Balaban J connectivity index is 2.46. The summed E-state index contributed by atoms with van der Waals surface area (Å²) in [5.41, 5.74) is 7.59. The van der Waals surface area contributed by atoms with Crippen LogP contribution in [0.15, 0.2) is 18.3 Å². The molecule has 1 aromatic carbocycles. The van der Waals surface area contributed by atoms with Crippen molar-refractivity contribution in [2.75, 3.05) is 13.7 Å². The van der Waals surface area contributed by atoms with Crippen molar-refractivity contribution in [3.63, 3.8) is 0 Å². The molecule has 0 aliphatic heterocycles. The van der Waals surface area contributed by atoms with Gasteiger partial charge in [-0.25, -0.2) is 0 Å². The van der Waals surface area contributed by atoms with E-state index in [1.54, 1.807) is 13.2 Å². The standard InChI is InChI=1S/C12H15N3O2/c1-8-9(12(13)16)3-4-11-10(8)7-15(14-11)5-6-17-2/h3-4,7H,5-6H2,1-2H3,(H2,13,16). The normalized spacial score (nSPS) is 10.9. The minimum absolute atomic E-state index is 0.408. The second kappa shape index (κ2) is 4.55. The highest BCUT2D eigenvalue weighted by Gasteiger charge is 2.10. The predicted molar refractivity (Wildman–Crippen MR) is 64.9 cm³/mol. The summed E-state index contributed by atoms with van der Waals surface area (Å²) in [6.07, 6.45) is 1.91. The summed E-state index contributed by atoms with van der Waals surface area (Å²) < 4.78 is 6.81. The first-order chi connectivity index (χ1) is 8.13. The van der Waals surface area contributed by atoms with E-state index >= 15 is 0 Å². The van der Waals surface area contributed by atoms with E-state index in [-0.39, 0.29) is 0 Å². The zero-order chi connectivity index (χ0) is 12.4. The van der Waals surface area contributed by atoms with E-state index < -0.39 is 5.91 Å². The van der Waals surface area contributed by atoms with Gasteiger partial charge < -0.3 is 10.5 Å². The molecule has 0 unspecified atom stereocenters. The molecule has 17 heavy (non-hydrogen) atoms. The highest BCUT2D eigenvalue weighted by atomic mass is 16.5. The fourth-order valence-corrected chi connectivity index (χ4v) is 1.85. The Morgan fingerprint density at radius 1 is 1.53 bits per heavy atom. The molecule has 1 heterocycles. The number of carbonyl (C=O) groups is 1. The maximum Gasteiger partial charge on any atom is 0.248 e. The van der Waals surface area contributed by atoms with Crippen LogP contribution in [0.25, 0.3) is 10.9 Å². The molecular weight excluding hydrogens is 218 g/mol. The predicted octanol–water partition coefficient (Wildman–Crippen LogP) is 1.09. The minimum atomic E-state index is -0.408. The van der Waals surface area contributed by atoms with Gasteiger partial charge in [0.1, 0.15) is 0 Å². The molecule has 0 bridgehead atoms. The largest absolute Gasteiger partial charge is 0.383 e. The van der Waals surface area contributed by atoms with Gasteiger partial charge in [-0.15, -0.1) is 0 Å². The van der Waals surface area contributed by atoms with Crippen LogP contribution in [0.3, 0.4) is 0 Å². The molecule has 0 spiro atoms. The summed E-state index contributed by atoms with van der Waals surface area (Å²) in [4.78, 5) is 11.2. The van der Waals surface area contributed by atoms with Gasteiger partial charge in [-0.2, -0.15) is 5.10 Å². The SMILES string of the molecule is COCCn1cc2c(C)c(C(N)=O)ccc2n1. The van der Waals surface area contributed by atoms with E-state index in [4.69, 9.17) is 10.5 Å². The quantitative estimate of drug-likeness (QED) is 0.859. The number of fused-ring (bicyclic) bond motifs is 1. The lowest BCUT2D eigenvalue weighted by atomic mass is 10.0. The summed E-state index contributed by atoms with van der Waals surface area (Å²) >= 11 is 0. The van der Waals surface area contributed by atoms with Gasteiger partial charge in [-0.1, -0.05) is 0 Å². The fraction of sp³-hybridized carbons (Fsp3) is 0.333. The first-order valence-electron chi connectivity index (χ1n) is 5.39. The Morgan fingerprint density at radius 3 is 2.94 bits per heavy atom. The number of aromatic nitrogens is 2. The maximum absolute atomic E-state index is 11.2. The van der Waals surface area contributed by atoms with Gasteiger partial charge in [0.25, 0.3) is 0 Å². The Bertz CT molecular complexity index is 560. The second-order valence-corrected chi connectivity index (χ2v) is 3.92. The number of hydrogen-bond acceptors (Lipinski definition) is 3. The highest BCUT2D eigenvalue weighted by Crippen LogP contribution is 2.20. The number of ether oxygens (including phenoxy) is 1. The topological polar surface area (TPSA) is 70.1 Å². The molecule has 0 aliphatic carbocycles. The molecule has 2 aromatic rings. The third-order valence-corrected chi connectivity index (χ3v) is 2.80. The van der Waals surface area contributed by atoms with Gasteiger partial charge in [0.2, 0.25) is 5.91 Å². The molecule has 5 heteroatoms. The molecule has 5 nitrogen and oxygen atoms in total. The van der Waals surface area contributed by atoms with Gasteiger partial charge in [0.05, 0.1) is 18.7 Å². The lowest BCUT2D eigenvalue weighted by Crippen LogP contribution is -2.12. The molecule has 1 aromatic heterocycles. The van der Waals surface area contributed by atoms with Crippen molar-refractivity contribution < 1.29 is 9.53 Å². The molecule has 0 fully saturated rings. The molecule has 0 saturated heterocycles. The number of carbonyl (C=O) groups excluding carboxylic acids is 1. The van der Waals surface area contributed by atoms with E-state index in [1.807, 2.05) is 23.9 Å². The minimum Gasteiger partial charge on any atom is -0.383 e. The van der Waals surface area contributed by atoms with Crippen molar-refractivity contribution in [1.82, 2.24) is 9.78 Å². The second-order valence-electron chi connectivity index (χ2n) is 3.92. The van der Waals surface area contributed by atoms with E-state index in [2.05, 4.69) is 5.10 Å². The van der Waals surface area contributed by atoms with Crippen LogP contribution in [0, 0.1) is 6.92 Å². The summed E-state index contributed by atoms with van der Waals surface area (Å²) in [6, 6.07) is 3.53. The Morgan fingerprint density at radius 2 is 2.29 bits per heavy atom. The first-order valence-corrected chi connectivity index (χ1v) is 5.39. The number of primary amides is 1. The fourth-order valence-electron chi connectivity index (χ4n) is 1.85. The number of amides is 1. The molecule has 2 N–H and O–H groups in total. The van der Waals surface area contributed by atoms with Gasteiger partial charge >= 0.3 is 0 Å². The van der Waals surface area contributed by atoms with E-state index in [0.717, 1.165) is 16.5 Å². The number of benzene rings is 1. The van der Waals surface area contributed by atoms with Crippen molar-refractivity contribution in [3.05, 3.63) is 29.5 Å². The van der Waals surface area contributed by atoms with Crippen molar-refractivity contribution in [2.45, 2.75) is 13.5 Å². The Labute approximate surface area is 99.2 Å². The van der Waals surface area contributed by atoms with Gasteiger partial charge in [-0.05, 0) is 24.6 Å². The highest BCUT2D eigenvalue weighted by molar-refractivity contribution is 5.99. The zero-order valence-corrected chi connectivity index (χ0v) is 9.93. The van der Waals surface area contributed by atoms with Crippen LogP contribution in [0.2, 0.25) is 0 Å². The average molecular weight is 233 g/mol. The molecular formula is C12H15N3O2. The van der Waals surface area contributed by atoms with Crippen LogP contribution < -0.4 is 5.73 Å². The number of rotatable bonds is 4. The van der Waals surface area contributed by atoms with Crippen LogP contribution in [0.1, 0.15) is 15.9 Å². The van der Waals surface area contributed by atoms with Crippen LogP contribution in [0.4, 0.5) is 0 Å². The van der Waals surface area contributed by atoms with Gasteiger partial charge in [-0.3, -0.25) is 9.48 Å². The Kier molecular flexibility index (Phi) is 3.10. The van der Waals surface area contributed by atoms with E-state index in [9.17, 15) is 4.79 Å². The summed E-state index contributed by atoms with van der Waals surface area (Å²) in [5.74, 6) is -0.408. The molecule has 2 rings (SSSR count). The number of hydrogen-bond donors (Lipinski definition) is 1. The van der Waals surface area contributed by atoms with Gasteiger partial charge in [0.15, 0.2) is 0 Å². The number of nitrogens with two attached hydrogens (primary N) is 1. The lowest BCUT2D eigenvalue weighted by Gasteiger charge is -2.00. The number of aryl methyl sites for hydroxylation is 1. The molecule has 0 radical (unpaired) electrons. The van der Waals surface area contributed by atoms with Crippen molar-refractivity contribution >= 4 is 16.8 Å². The van der Waals surface area contributed by atoms with Crippen molar-refractivity contribution in [2.24, 2.45) is 5.73 Å². The van der Waals surface area contributed by atoms with Crippen molar-refractivity contribution in [3.8, 4) is 0 Å². The van der Waals surface area contributed by atoms with Crippen LogP contribution >= 0.6 is 0 Å².